The maximum Gasteiger partial charge on any atom is 0.234 e. The second kappa shape index (κ2) is 9.93. The van der Waals surface area contributed by atoms with E-state index in [2.05, 4.69) is 19.2 Å². The van der Waals surface area contributed by atoms with E-state index < -0.39 is 0 Å². The zero-order chi connectivity index (χ0) is 12.4. The van der Waals surface area contributed by atoms with Crippen LogP contribution < -0.4 is 11.1 Å². The molecule has 5 heteroatoms. The fraction of sp³-hybridized carbons (Fsp3) is 0.909. The Kier molecular flexibility index (Phi) is 9.77. The van der Waals surface area contributed by atoms with Gasteiger partial charge in [0.05, 0.1) is 6.04 Å². The fourth-order valence-electron chi connectivity index (χ4n) is 1.32. The molecular formula is C11H24N2O2S. The van der Waals surface area contributed by atoms with Gasteiger partial charge in [0.15, 0.2) is 0 Å². The van der Waals surface area contributed by atoms with Gasteiger partial charge < -0.3 is 16.2 Å². The number of hydrogen-bond donors (Lipinski definition) is 3. The summed E-state index contributed by atoms with van der Waals surface area (Å²) in [5, 5.41) is 12.3. The Balaban J connectivity index is 3.71. The zero-order valence-electron chi connectivity index (χ0n) is 10.2. The first-order valence-electron chi connectivity index (χ1n) is 5.87. The molecule has 0 saturated heterocycles. The second-order valence-corrected chi connectivity index (χ2v) is 5.44. The Morgan fingerprint density at radius 2 is 2.19 bits per heavy atom. The first-order valence-corrected chi connectivity index (χ1v) is 6.91. The minimum absolute atomic E-state index is 0.214. The van der Waals surface area contributed by atoms with Crippen LogP contribution in [0.3, 0.4) is 0 Å². The summed E-state index contributed by atoms with van der Waals surface area (Å²) in [6.07, 6.45) is 2.56. The van der Waals surface area contributed by atoms with Crippen LogP contribution in [-0.2, 0) is 4.79 Å². The van der Waals surface area contributed by atoms with Gasteiger partial charge in [0.1, 0.15) is 0 Å². The number of primary amides is 1. The van der Waals surface area contributed by atoms with Gasteiger partial charge in [0, 0.05) is 11.9 Å². The standard InChI is InChI=1S/C11H24N2O2S/c1-3-6-13-10(11(12)15)5-8-16-9(2)4-7-14/h9-10,13-14H,3-8H2,1-2H3,(H2,12,15). The Hall–Kier alpha value is -0.260. The van der Waals surface area contributed by atoms with Gasteiger partial charge in [-0.25, -0.2) is 0 Å². The van der Waals surface area contributed by atoms with Crippen LogP contribution in [-0.4, -0.2) is 41.2 Å². The highest BCUT2D eigenvalue weighted by Gasteiger charge is 2.14. The van der Waals surface area contributed by atoms with Gasteiger partial charge in [0.2, 0.25) is 5.91 Å². The molecule has 1 amide bonds. The highest BCUT2D eigenvalue weighted by Crippen LogP contribution is 2.15. The van der Waals surface area contributed by atoms with Crippen LogP contribution in [0.1, 0.15) is 33.1 Å². The van der Waals surface area contributed by atoms with Gasteiger partial charge in [0.25, 0.3) is 0 Å². The van der Waals surface area contributed by atoms with E-state index in [1.807, 2.05) is 0 Å². The number of nitrogens with one attached hydrogen (secondary N) is 1. The average molecular weight is 248 g/mol. The number of aliphatic hydroxyl groups excluding tert-OH is 1. The van der Waals surface area contributed by atoms with Crippen molar-refractivity contribution in [1.82, 2.24) is 5.32 Å². The van der Waals surface area contributed by atoms with E-state index >= 15 is 0 Å². The van der Waals surface area contributed by atoms with Crippen molar-refractivity contribution in [2.75, 3.05) is 18.9 Å². The Morgan fingerprint density at radius 3 is 2.69 bits per heavy atom. The summed E-state index contributed by atoms with van der Waals surface area (Å²) in [7, 11) is 0. The second-order valence-electron chi connectivity index (χ2n) is 3.89. The van der Waals surface area contributed by atoms with Crippen LogP contribution in [0, 0.1) is 0 Å². The molecule has 2 atom stereocenters. The van der Waals surface area contributed by atoms with Crippen molar-refractivity contribution in [3.05, 3.63) is 0 Å². The number of aliphatic hydroxyl groups is 1. The molecule has 0 rings (SSSR count). The zero-order valence-corrected chi connectivity index (χ0v) is 11.1. The molecule has 0 saturated carbocycles. The van der Waals surface area contributed by atoms with Crippen LogP contribution in [0.2, 0.25) is 0 Å². The normalized spacial score (nSPS) is 14.7. The Labute approximate surface area is 102 Å². The quantitative estimate of drug-likeness (QED) is 0.533. The van der Waals surface area contributed by atoms with Crippen LogP contribution in [0.4, 0.5) is 0 Å². The number of carbonyl (C=O) groups is 1. The summed E-state index contributed by atoms with van der Waals surface area (Å²) in [6.45, 7) is 5.19. The van der Waals surface area contributed by atoms with Crippen molar-refractivity contribution in [2.45, 2.75) is 44.4 Å². The molecule has 0 aromatic carbocycles. The van der Waals surface area contributed by atoms with E-state index in [0.717, 1.165) is 31.6 Å². The van der Waals surface area contributed by atoms with Gasteiger partial charge >= 0.3 is 0 Å². The lowest BCUT2D eigenvalue weighted by Crippen LogP contribution is -2.42. The van der Waals surface area contributed by atoms with Crippen LogP contribution in [0.5, 0.6) is 0 Å². The summed E-state index contributed by atoms with van der Waals surface area (Å²) < 4.78 is 0. The molecule has 0 aromatic rings. The average Bonchev–Trinajstić information content (AvgIpc) is 2.23. The molecule has 2 unspecified atom stereocenters. The molecular weight excluding hydrogens is 224 g/mol. The molecule has 4 nitrogen and oxygen atoms in total. The largest absolute Gasteiger partial charge is 0.396 e. The molecule has 16 heavy (non-hydrogen) atoms. The number of hydrogen-bond acceptors (Lipinski definition) is 4. The molecule has 0 fully saturated rings. The van der Waals surface area contributed by atoms with Crippen molar-refractivity contribution >= 4 is 17.7 Å². The molecule has 0 heterocycles. The molecule has 0 aliphatic rings. The van der Waals surface area contributed by atoms with E-state index in [-0.39, 0.29) is 18.6 Å². The highest BCUT2D eigenvalue weighted by molar-refractivity contribution is 7.99. The maximum atomic E-state index is 11.1. The van der Waals surface area contributed by atoms with Crippen molar-refractivity contribution < 1.29 is 9.90 Å². The van der Waals surface area contributed by atoms with Crippen LogP contribution in [0.25, 0.3) is 0 Å². The minimum atomic E-state index is -0.274. The van der Waals surface area contributed by atoms with Gasteiger partial charge in [-0.3, -0.25) is 4.79 Å². The summed E-state index contributed by atoms with van der Waals surface area (Å²) >= 11 is 1.77. The van der Waals surface area contributed by atoms with Gasteiger partial charge in [-0.05, 0) is 31.6 Å². The van der Waals surface area contributed by atoms with E-state index in [0.29, 0.717) is 5.25 Å². The van der Waals surface area contributed by atoms with Crippen molar-refractivity contribution in [3.8, 4) is 0 Å². The molecule has 0 radical (unpaired) electrons. The Morgan fingerprint density at radius 1 is 1.50 bits per heavy atom. The number of carbonyl (C=O) groups excluding carboxylic acids is 1. The molecule has 0 aliphatic carbocycles. The van der Waals surface area contributed by atoms with Crippen molar-refractivity contribution in [1.29, 1.82) is 0 Å². The lowest BCUT2D eigenvalue weighted by atomic mass is 10.2. The van der Waals surface area contributed by atoms with E-state index in [4.69, 9.17) is 10.8 Å². The van der Waals surface area contributed by atoms with Crippen molar-refractivity contribution in [2.24, 2.45) is 5.73 Å². The molecule has 0 aromatic heterocycles. The highest BCUT2D eigenvalue weighted by atomic mass is 32.2. The number of nitrogens with two attached hydrogens (primary N) is 1. The molecule has 4 N–H and O–H groups in total. The monoisotopic (exact) mass is 248 g/mol. The fourth-order valence-corrected chi connectivity index (χ4v) is 2.36. The number of thioether (sulfide) groups is 1. The third-order valence-corrected chi connectivity index (χ3v) is 3.60. The maximum absolute atomic E-state index is 11.1. The molecule has 0 spiro atoms. The first-order chi connectivity index (χ1) is 7.61. The first kappa shape index (κ1) is 15.7. The molecule has 0 aliphatic heterocycles. The third-order valence-electron chi connectivity index (χ3n) is 2.33. The summed E-state index contributed by atoms with van der Waals surface area (Å²) in [5.74, 6) is 0.620. The molecule has 96 valence electrons. The van der Waals surface area contributed by atoms with E-state index in [1.165, 1.54) is 0 Å². The van der Waals surface area contributed by atoms with Gasteiger partial charge in [-0.2, -0.15) is 11.8 Å². The van der Waals surface area contributed by atoms with Gasteiger partial charge in [-0.1, -0.05) is 13.8 Å². The topological polar surface area (TPSA) is 75.3 Å². The van der Waals surface area contributed by atoms with Crippen LogP contribution >= 0.6 is 11.8 Å². The van der Waals surface area contributed by atoms with E-state index in [1.54, 1.807) is 11.8 Å². The summed E-state index contributed by atoms with van der Waals surface area (Å²) in [6, 6.07) is -0.214. The van der Waals surface area contributed by atoms with Crippen LogP contribution in [0.15, 0.2) is 0 Å². The Bertz CT molecular complexity index is 191. The molecule has 0 bridgehead atoms. The number of rotatable bonds is 10. The SMILES string of the molecule is CCCNC(CCSC(C)CCO)C(N)=O. The lowest BCUT2D eigenvalue weighted by molar-refractivity contribution is -0.120. The lowest BCUT2D eigenvalue weighted by Gasteiger charge is -2.16. The third kappa shape index (κ3) is 7.96. The minimum Gasteiger partial charge on any atom is -0.396 e. The van der Waals surface area contributed by atoms with Crippen molar-refractivity contribution in [3.63, 3.8) is 0 Å². The predicted molar refractivity (Wildman–Crippen MR) is 69.5 cm³/mol. The summed E-state index contributed by atoms with van der Waals surface area (Å²) in [4.78, 5) is 11.1. The predicted octanol–water partition coefficient (Wildman–Crippen LogP) is 0.734. The number of amides is 1. The smallest absolute Gasteiger partial charge is 0.234 e. The summed E-state index contributed by atoms with van der Waals surface area (Å²) in [5.41, 5.74) is 5.30. The van der Waals surface area contributed by atoms with Gasteiger partial charge in [-0.15, -0.1) is 0 Å². The van der Waals surface area contributed by atoms with E-state index in [9.17, 15) is 4.79 Å².